The van der Waals surface area contributed by atoms with Gasteiger partial charge in [-0.1, -0.05) is 23.7 Å². The lowest BCUT2D eigenvalue weighted by Crippen LogP contribution is -2.48. The first-order valence-corrected chi connectivity index (χ1v) is 12.1. The van der Waals surface area contributed by atoms with Gasteiger partial charge in [0.15, 0.2) is 0 Å². The van der Waals surface area contributed by atoms with Gasteiger partial charge in [0.1, 0.15) is 11.4 Å². The molecule has 0 saturated carbocycles. The highest BCUT2D eigenvalue weighted by Gasteiger charge is 2.24. The number of carbonyl (C=O) groups excluding carboxylic acids is 2. The number of alkyl carbamates (subject to hydrolysis) is 1. The molecule has 3 rings (SSSR count). The third kappa shape index (κ3) is 6.99. The number of fused-ring (bicyclic) bond motifs is 1. The van der Waals surface area contributed by atoms with Crippen molar-refractivity contribution in [3.8, 4) is 5.69 Å². The van der Waals surface area contributed by atoms with E-state index in [1.165, 1.54) is 4.57 Å². The number of ether oxygens (including phenoxy) is 1. The summed E-state index contributed by atoms with van der Waals surface area (Å²) in [5.74, 6) is 0.244. The number of aliphatic hydroxyl groups excluding tert-OH is 1. The summed E-state index contributed by atoms with van der Waals surface area (Å²) in [7, 11) is 0. The van der Waals surface area contributed by atoms with E-state index < -0.39 is 34.9 Å². The minimum Gasteiger partial charge on any atom is -0.444 e. The maximum atomic E-state index is 13.7. The number of aliphatic hydroxyl groups is 1. The number of nitrogens with zero attached hydrogens (tertiary/aromatic N) is 2. The molecule has 1 atom stereocenters. The summed E-state index contributed by atoms with van der Waals surface area (Å²) in [6.45, 7) is 10.0. The van der Waals surface area contributed by atoms with Gasteiger partial charge in [0.2, 0.25) is 0 Å². The lowest BCUT2D eigenvalue weighted by atomic mass is 10.1. The van der Waals surface area contributed by atoms with E-state index in [1.54, 1.807) is 84.0 Å². The molecule has 0 aliphatic rings. The van der Waals surface area contributed by atoms with Crippen LogP contribution >= 0.6 is 11.6 Å². The highest BCUT2D eigenvalue weighted by atomic mass is 35.5. The second kappa shape index (κ2) is 10.8. The van der Waals surface area contributed by atoms with Crippen LogP contribution in [0.25, 0.3) is 16.6 Å². The summed E-state index contributed by atoms with van der Waals surface area (Å²) in [6.07, 6.45) is -0.662. The number of halogens is 1. The van der Waals surface area contributed by atoms with Gasteiger partial charge in [-0.05, 0) is 71.9 Å². The van der Waals surface area contributed by atoms with Crippen LogP contribution in [0, 0.1) is 0 Å². The standard InChI is InChI=1S/C26H32ClN5O5/c1-15(28-24(36)37-25(2,3)4)21-30-19-12-8-11-18(27)20(19)22(34)32(21)17-10-7-9-16(13-17)29-23(35)31-26(5,6)14-33/h7-13,15,33H,14H2,1-6H3,(H,28,36)(H2,29,31,35)/t15-/m0/s1. The molecular weight excluding hydrogens is 498 g/mol. The van der Waals surface area contributed by atoms with Gasteiger partial charge in [0.05, 0.1) is 39.8 Å². The number of benzene rings is 2. The van der Waals surface area contributed by atoms with Gasteiger partial charge in [0, 0.05) is 5.69 Å². The largest absolute Gasteiger partial charge is 0.444 e. The van der Waals surface area contributed by atoms with Crippen LogP contribution in [0.5, 0.6) is 0 Å². The lowest BCUT2D eigenvalue weighted by molar-refractivity contribution is 0.0505. The van der Waals surface area contributed by atoms with Crippen LogP contribution in [0.1, 0.15) is 53.4 Å². The van der Waals surface area contributed by atoms with Gasteiger partial charge in [-0.15, -0.1) is 0 Å². The van der Waals surface area contributed by atoms with Gasteiger partial charge in [0.25, 0.3) is 5.56 Å². The van der Waals surface area contributed by atoms with Crippen LogP contribution in [0.2, 0.25) is 5.02 Å². The van der Waals surface area contributed by atoms with Crippen molar-refractivity contribution < 1.29 is 19.4 Å². The molecule has 0 aliphatic carbocycles. The Morgan fingerprint density at radius 3 is 2.46 bits per heavy atom. The zero-order chi connectivity index (χ0) is 27.5. The van der Waals surface area contributed by atoms with E-state index >= 15 is 0 Å². The summed E-state index contributed by atoms with van der Waals surface area (Å²) in [5, 5.41) is 18.0. The molecule has 3 aromatic rings. The third-order valence-electron chi connectivity index (χ3n) is 5.20. The Bertz CT molecular complexity index is 1380. The second-order valence-electron chi connectivity index (χ2n) is 10.3. The molecule has 0 radical (unpaired) electrons. The van der Waals surface area contributed by atoms with Crippen LogP contribution in [-0.4, -0.2) is 44.5 Å². The predicted molar refractivity (Wildman–Crippen MR) is 143 cm³/mol. The Hall–Kier alpha value is -3.63. The maximum absolute atomic E-state index is 13.7. The van der Waals surface area contributed by atoms with Crippen molar-refractivity contribution in [2.24, 2.45) is 0 Å². The topological polar surface area (TPSA) is 135 Å². The van der Waals surface area contributed by atoms with Crippen molar-refractivity contribution >= 4 is 40.3 Å². The summed E-state index contributed by atoms with van der Waals surface area (Å²) >= 11 is 6.36. The summed E-state index contributed by atoms with van der Waals surface area (Å²) in [6, 6.07) is 10.3. The van der Waals surface area contributed by atoms with Crippen molar-refractivity contribution in [1.29, 1.82) is 0 Å². The Balaban J connectivity index is 2.08. The zero-order valence-electron chi connectivity index (χ0n) is 21.7. The van der Waals surface area contributed by atoms with E-state index in [0.717, 1.165) is 0 Å². The Labute approximate surface area is 220 Å². The number of urea groups is 1. The van der Waals surface area contributed by atoms with Crippen molar-refractivity contribution in [3.05, 3.63) is 63.7 Å². The second-order valence-corrected chi connectivity index (χ2v) is 10.7. The fraction of sp³-hybridized carbons (Fsp3) is 0.385. The maximum Gasteiger partial charge on any atom is 0.408 e. The van der Waals surface area contributed by atoms with Gasteiger partial charge in [-0.25, -0.2) is 14.6 Å². The number of hydrogen-bond acceptors (Lipinski definition) is 6. The fourth-order valence-electron chi connectivity index (χ4n) is 3.53. The van der Waals surface area contributed by atoms with Crippen LogP contribution in [-0.2, 0) is 4.74 Å². The zero-order valence-corrected chi connectivity index (χ0v) is 22.4. The van der Waals surface area contributed by atoms with E-state index in [4.69, 9.17) is 16.3 Å². The average Bonchev–Trinajstić information content (AvgIpc) is 2.77. The normalized spacial score (nSPS) is 12.6. The molecule has 0 fully saturated rings. The van der Waals surface area contributed by atoms with Crippen LogP contribution < -0.4 is 21.5 Å². The molecule has 1 heterocycles. The smallest absolute Gasteiger partial charge is 0.408 e. The quantitative estimate of drug-likeness (QED) is 0.371. The van der Waals surface area contributed by atoms with Crippen molar-refractivity contribution in [2.45, 2.75) is 58.7 Å². The first-order chi connectivity index (χ1) is 17.2. The average molecular weight is 530 g/mol. The first-order valence-electron chi connectivity index (χ1n) is 11.7. The molecule has 0 aliphatic heterocycles. The number of anilines is 1. The van der Waals surface area contributed by atoms with Crippen LogP contribution in [0.15, 0.2) is 47.3 Å². The van der Waals surface area contributed by atoms with Gasteiger partial charge < -0.3 is 25.8 Å². The number of nitrogens with one attached hydrogen (secondary N) is 3. The van der Waals surface area contributed by atoms with Gasteiger partial charge in [-0.3, -0.25) is 9.36 Å². The summed E-state index contributed by atoms with van der Waals surface area (Å²) in [5.41, 5.74) is -0.806. The molecule has 1 aromatic heterocycles. The third-order valence-corrected chi connectivity index (χ3v) is 5.52. The van der Waals surface area contributed by atoms with Crippen LogP contribution in [0.3, 0.4) is 0 Å². The number of carbonyl (C=O) groups is 2. The molecule has 3 amide bonds. The molecular formula is C26H32ClN5O5. The predicted octanol–water partition coefficient (Wildman–Crippen LogP) is 4.52. The van der Waals surface area contributed by atoms with Gasteiger partial charge >= 0.3 is 12.1 Å². The lowest BCUT2D eigenvalue weighted by Gasteiger charge is -2.24. The number of amides is 3. The molecule has 0 spiro atoms. The molecule has 2 aromatic carbocycles. The monoisotopic (exact) mass is 529 g/mol. The molecule has 11 heteroatoms. The Morgan fingerprint density at radius 1 is 1.14 bits per heavy atom. The summed E-state index contributed by atoms with van der Waals surface area (Å²) in [4.78, 5) is 43.3. The molecule has 198 valence electrons. The Morgan fingerprint density at radius 2 is 1.81 bits per heavy atom. The number of aromatic nitrogens is 2. The Kier molecular flexibility index (Phi) is 8.14. The van der Waals surface area contributed by atoms with Crippen molar-refractivity contribution in [1.82, 2.24) is 20.2 Å². The summed E-state index contributed by atoms with van der Waals surface area (Å²) < 4.78 is 6.71. The highest BCUT2D eigenvalue weighted by molar-refractivity contribution is 6.35. The SMILES string of the molecule is C[C@H](NC(=O)OC(C)(C)C)c1nc2cccc(Cl)c2c(=O)n1-c1cccc(NC(=O)NC(C)(C)CO)c1. The van der Waals surface area contributed by atoms with E-state index in [9.17, 15) is 19.5 Å². The number of hydrogen-bond donors (Lipinski definition) is 4. The van der Waals surface area contributed by atoms with E-state index in [1.807, 2.05) is 0 Å². The molecule has 0 bridgehead atoms. The molecule has 4 N–H and O–H groups in total. The highest BCUT2D eigenvalue weighted by Crippen LogP contribution is 2.24. The van der Waals surface area contributed by atoms with Crippen LogP contribution in [0.4, 0.5) is 15.3 Å². The van der Waals surface area contributed by atoms with E-state index in [2.05, 4.69) is 20.9 Å². The minimum absolute atomic E-state index is 0.221. The van der Waals surface area contributed by atoms with Crippen molar-refractivity contribution in [3.63, 3.8) is 0 Å². The van der Waals surface area contributed by atoms with E-state index in [-0.39, 0.29) is 22.8 Å². The van der Waals surface area contributed by atoms with Crippen molar-refractivity contribution in [2.75, 3.05) is 11.9 Å². The minimum atomic E-state index is -0.826. The van der Waals surface area contributed by atoms with Gasteiger partial charge in [-0.2, -0.15) is 0 Å². The molecule has 37 heavy (non-hydrogen) atoms. The van der Waals surface area contributed by atoms with E-state index in [0.29, 0.717) is 16.9 Å². The first kappa shape index (κ1) is 27.9. The molecule has 0 unspecified atom stereocenters. The number of rotatable bonds is 6. The fourth-order valence-corrected chi connectivity index (χ4v) is 3.78. The molecule has 0 saturated heterocycles. The molecule has 10 nitrogen and oxygen atoms in total.